The average Bonchev–Trinajstić information content (AvgIpc) is 3.07. The number of anilines is 2. The second-order valence-corrected chi connectivity index (χ2v) is 7.33. The van der Waals surface area contributed by atoms with E-state index in [4.69, 9.17) is 9.47 Å². The summed E-state index contributed by atoms with van der Waals surface area (Å²) in [6.45, 7) is 1.63. The van der Waals surface area contributed by atoms with Crippen molar-refractivity contribution in [2.24, 2.45) is 0 Å². The summed E-state index contributed by atoms with van der Waals surface area (Å²) >= 11 is 0. The van der Waals surface area contributed by atoms with E-state index in [-0.39, 0.29) is 18.4 Å². The van der Waals surface area contributed by atoms with E-state index in [2.05, 4.69) is 16.0 Å². The van der Waals surface area contributed by atoms with E-state index in [0.717, 1.165) is 12.0 Å². The number of ether oxygens (including phenoxy) is 2. The monoisotopic (exact) mass is 431 g/mol. The van der Waals surface area contributed by atoms with E-state index < -0.39 is 0 Å². The quantitative estimate of drug-likeness (QED) is 0.529. The molecule has 0 fully saturated rings. The van der Waals surface area contributed by atoms with Crippen LogP contribution < -0.4 is 25.4 Å². The molecule has 0 atom stereocenters. The zero-order valence-electron chi connectivity index (χ0n) is 17.6. The summed E-state index contributed by atoms with van der Waals surface area (Å²) in [6, 6.07) is 22.1. The number of carbonyl (C=O) groups excluding carboxylic acids is 2. The van der Waals surface area contributed by atoms with Gasteiger partial charge in [-0.1, -0.05) is 42.5 Å². The molecule has 3 N–H and O–H groups in total. The fourth-order valence-electron chi connectivity index (χ4n) is 3.33. The summed E-state index contributed by atoms with van der Waals surface area (Å²) in [7, 11) is 0. The first kappa shape index (κ1) is 21.2. The number of hydrogen-bond donors (Lipinski definition) is 3. The van der Waals surface area contributed by atoms with Gasteiger partial charge in [0.15, 0.2) is 11.5 Å². The largest absolute Gasteiger partial charge is 0.490 e. The predicted molar refractivity (Wildman–Crippen MR) is 123 cm³/mol. The summed E-state index contributed by atoms with van der Waals surface area (Å²) in [5.74, 6) is 0.849. The van der Waals surface area contributed by atoms with E-state index in [0.29, 0.717) is 48.2 Å². The smallest absolute Gasteiger partial charge is 0.253 e. The minimum absolute atomic E-state index is 0.0113. The molecule has 3 aromatic rings. The molecule has 0 saturated carbocycles. The minimum atomic E-state index is -0.237. The third-order valence-corrected chi connectivity index (χ3v) is 4.94. The van der Waals surface area contributed by atoms with E-state index in [1.54, 1.807) is 36.4 Å². The van der Waals surface area contributed by atoms with Crippen LogP contribution in [0.25, 0.3) is 0 Å². The molecule has 164 valence electrons. The molecule has 0 unspecified atom stereocenters. The maximum atomic E-state index is 12.7. The van der Waals surface area contributed by atoms with Crippen molar-refractivity contribution in [1.82, 2.24) is 5.32 Å². The van der Waals surface area contributed by atoms with E-state index in [9.17, 15) is 9.59 Å². The SMILES string of the molecule is O=C(CNc1ccccc1C(=O)NCc1ccccc1)Nc1ccc2c(c1)OCCCO2. The fraction of sp³-hybridized carbons (Fsp3) is 0.200. The topological polar surface area (TPSA) is 88.7 Å². The maximum Gasteiger partial charge on any atom is 0.253 e. The number of carbonyl (C=O) groups is 2. The van der Waals surface area contributed by atoms with Crippen molar-refractivity contribution < 1.29 is 19.1 Å². The molecule has 1 heterocycles. The van der Waals surface area contributed by atoms with Gasteiger partial charge in [0.1, 0.15) is 0 Å². The molecule has 0 radical (unpaired) electrons. The van der Waals surface area contributed by atoms with Crippen LogP contribution in [0.5, 0.6) is 11.5 Å². The molecule has 0 aliphatic carbocycles. The first-order valence-electron chi connectivity index (χ1n) is 10.5. The Bertz CT molecular complexity index is 1090. The van der Waals surface area contributed by atoms with Crippen LogP contribution in [0.2, 0.25) is 0 Å². The molecule has 1 aliphatic rings. The Hall–Kier alpha value is -4.00. The van der Waals surface area contributed by atoms with Crippen LogP contribution in [-0.4, -0.2) is 31.6 Å². The van der Waals surface area contributed by atoms with Crippen molar-refractivity contribution in [3.8, 4) is 11.5 Å². The van der Waals surface area contributed by atoms with Crippen LogP contribution in [0.4, 0.5) is 11.4 Å². The first-order valence-corrected chi connectivity index (χ1v) is 10.5. The van der Waals surface area contributed by atoms with Gasteiger partial charge in [0, 0.05) is 30.4 Å². The zero-order valence-corrected chi connectivity index (χ0v) is 17.6. The molecular formula is C25H25N3O4. The van der Waals surface area contributed by atoms with Crippen molar-refractivity contribution in [3.63, 3.8) is 0 Å². The normalized spacial score (nSPS) is 12.4. The Morgan fingerprint density at radius 3 is 2.44 bits per heavy atom. The van der Waals surface area contributed by atoms with Gasteiger partial charge in [0.25, 0.3) is 5.91 Å². The third kappa shape index (κ3) is 5.57. The Labute approximate surface area is 186 Å². The van der Waals surface area contributed by atoms with Crippen molar-refractivity contribution in [2.75, 3.05) is 30.4 Å². The highest BCUT2D eigenvalue weighted by Crippen LogP contribution is 2.32. The van der Waals surface area contributed by atoms with Gasteiger partial charge < -0.3 is 25.4 Å². The zero-order chi connectivity index (χ0) is 22.2. The molecule has 0 bridgehead atoms. The first-order chi connectivity index (χ1) is 15.7. The summed E-state index contributed by atoms with van der Waals surface area (Å²) in [4.78, 5) is 25.1. The van der Waals surface area contributed by atoms with Gasteiger partial charge in [-0.15, -0.1) is 0 Å². The molecular weight excluding hydrogens is 406 g/mol. The third-order valence-electron chi connectivity index (χ3n) is 4.94. The standard InChI is InChI=1S/C25H25N3O4/c29-24(28-19-11-12-22-23(15-19)32-14-6-13-31-22)17-26-21-10-5-4-9-20(21)25(30)27-16-18-7-2-1-3-8-18/h1-5,7-12,15,26H,6,13-14,16-17H2,(H,27,30)(H,28,29). The summed E-state index contributed by atoms with van der Waals surface area (Å²) in [6.07, 6.45) is 0.818. The Balaban J connectivity index is 1.34. The number of amides is 2. The lowest BCUT2D eigenvalue weighted by Gasteiger charge is -2.13. The van der Waals surface area contributed by atoms with Crippen molar-refractivity contribution in [3.05, 3.63) is 83.9 Å². The van der Waals surface area contributed by atoms with Crippen LogP contribution in [0.1, 0.15) is 22.3 Å². The fourth-order valence-corrected chi connectivity index (χ4v) is 3.33. The highest BCUT2D eigenvalue weighted by molar-refractivity contribution is 6.01. The van der Waals surface area contributed by atoms with Crippen molar-refractivity contribution in [2.45, 2.75) is 13.0 Å². The summed E-state index contributed by atoms with van der Waals surface area (Å²) in [5, 5.41) is 8.81. The van der Waals surface area contributed by atoms with Gasteiger partial charge in [-0.05, 0) is 29.8 Å². The predicted octanol–water partition coefficient (Wildman–Crippen LogP) is 3.83. The Morgan fingerprint density at radius 2 is 1.59 bits per heavy atom. The molecule has 7 nitrogen and oxygen atoms in total. The van der Waals surface area contributed by atoms with Crippen LogP contribution in [-0.2, 0) is 11.3 Å². The minimum Gasteiger partial charge on any atom is -0.490 e. The van der Waals surface area contributed by atoms with Crippen LogP contribution >= 0.6 is 0 Å². The molecule has 32 heavy (non-hydrogen) atoms. The van der Waals surface area contributed by atoms with Crippen molar-refractivity contribution >= 4 is 23.2 Å². The van der Waals surface area contributed by atoms with Gasteiger partial charge in [-0.3, -0.25) is 9.59 Å². The van der Waals surface area contributed by atoms with E-state index >= 15 is 0 Å². The van der Waals surface area contributed by atoms with Crippen molar-refractivity contribution in [1.29, 1.82) is 0 Å². The van der Waals surface area contributed by atoms with Crippen LogP contribution in [0.3, 0.4) is 0 Å². The Morgan fingerprint density at radius 1 is 0.844 bits per heavy atom. The van der Waals surface area contributed by atoms with Gasteiger partial charge in [0.2, 0.25) is 5.91 Å². The number of benzene rings is 3. The lowest BCUT2D eigenvalue weighted by Crippen LogP contribution is -2.26. The van der Waals surface area contributed by atoms with Crippen LogP contribution in [0.15, 0.2) is 72.8 Å². The van der Waals surface area contributed by atoms with Gasteiger partial charge >= 0.3 is 0 Å². The summed E-state index contributed by atoms with van der Waals surface area (Å²) < 4.78 is 11.3. The molecule has 1 aliphatic heterocycles. The van der Waals surface area contributed by atoms with Gasteiger partial charge in [0.05, 0.1) is 25.3 Å². The highest BCUT2D eigenvalue weighted by atomic mass is 16.5. The lowest BCUT2D eigenvalue weighted by molar-refractivity contribution is -0.114. The average molecular weight is 431 g/mol. The van der Waals surface area contributed by atoms with Gasteiger partial charge in [-0.2, -0.15) is 0 Å². The number of hydrogen-bond acceptors (Lipinski definition) is 5. The second-order valence-electron chi connectivity index (χ2n) is 7.33. The maximum absolute atomic E-state index is 12.7. The number of fused-ring (bicyclic) bond motifs is 1. The summed E-state index contributed by atoms with van der Waals surface area (Å²) in [5.41, 5.74) is 2.70. The molecule has 4 rings (SSSR count). The van der Waals surface area contributed by atoms with Crippen LogP contribution in [0, 0.1) is 0 Å². The van der Waals surface area contributed by atoms with E-state index in [1.807, 2.05) is 36.4 Å². The Kier molecular flexibility index (Phi) is 6.87. The number of nitrogens with one attached hydrogen (secondary N) is 3. The molecule has 3 aromatic carbocycles. The highest BCUT2D eigenvalue weighted by Gasteiger charge is 2.14. The molecule has 7 heteroatoms. The molecule has 0 spiro atoms. The van der Waals surface area contributed by atoms with E-state index in [1.165, 1.54) is 0 Å². The number of rotatable bonds is 7. The molecule has 0 aromatic heterocycles. The second kappa shape index (κ2) is 10.3. The lowest BCUT2D eigenvalue weighted by atomic mass is 10.1. The van der Waals surface area contributed by atoms with Gasteiger partial charge in [-0.25, -0.2) is 0 Å². The molecule has 2 amide bonds. The molecule has 0 saturated heterocycles. The number of para-hydroxylation sites is 1.